The summed E-state index contributed by atoms with van der Waals surface area (Å²) in [5.74, 6) is -1.66. The van der Waals surface area contributed by atoms with Crippen LogP contribution in [0.25, 0.3) is 0 Å². The highest BCUT2D eigenvalue weighted by Crippen LogP contribution is 2.31. The van der Waals surface area contributed by atoms with E-state index in [2.05, 4.69) is 5.32 Å². The molecule has 0 spiro atoms. The lowest BCUT2D eigenvalue weighted by Gasteiger charge is -2.26. The molecule has 1 aliphatic heterocycles. The Bertz CT molecular complexity index is 696. The number of nitrogens with zero attached hydrogens (tertiary/aromatic N) is 1. The van der Waals surface area contributed by atoms with Crippen LogP contribution in [-0.4, -0.2) is 61.3 Å². The van der Waals surface area contributed by atoms with Crippen LogP contribution in [0.15, 0.2) is 24.3 Å². The summed E-state index contributed by atoms with van der Waals surface area (Å²) in [4.78, 5) is 37.8. The number of unbranched alkanes of at least 4 members (excludes halogenated alkanes) is 1. The Morgan fingerprint density at radius 1 is 1.39 bits per heavy atom. The maximum atomic E-state index is 13.0. The molecule has 1 aliphatic rings. The molecule has 0 bridgehead atoms. The summed E-state index contributed by atoms with van der Waals surface area (Å²) in [6.07, 6.45) is 1.88. The number of carboxylic acid groups (broad SMARTS) is 1. The van der Waals surface area contributed by atoms with Crippen molar-refractivity contribution < 1.29 is 29.0 Å². The van der Waals surface area contributed by atoms with E-state index in [9.17, 15) is 19.5 Å². The molecule has 154 valence electrons. The van der Waals surface area contributed by atoms with Gasteiger partial charge in [0.25, 0.3) is 0 Å². The van der Waals surface area contributed by atoms with E-state index in [1.165, 1.54) is 0 Å². The van der Waals surface area contributed by atoms with Crippen LogP contribution in [0.3, 0.4) is 0 Å². The van der Waals surface area contributed by atoms with E-state index in [4.69, 9.17) is 15.2 Å². The number of hydrogen-bond donors (Lipinski definition) is 3. The van der Waals surface area contributed by atoms with Crippen molar-refractivity contribution in [2.24, 2.45) is 5.73 Å². The number of para-hydroxylation sites is 2. The van der Waals surface area contributed by atoms with Crippen molar-refractivity contribution in [3.05, 3.63) is 24.3 Å². The number of nitrogens with two attached hydrogens (primary N) is 1. The molecule has 0 aliphatic carbocycles. The Labute approximate surface area is 163 Å². The van der Waals surface area contributed by atoms with Crippen LogP contribution in [0.5, 0.6) is 5.75 Å². The molecule has 1 unspecified atom stereocenters. The van der Waals surface area contributed by atoms with Gasteiger partial charge in [0, 0.05) is 0 Å². The van der Waals surface area contributed by atoms with E-state index in [1.54, 1.807) is 31.2 Å². The summed E-state index contributed by atoms with van der Waals surface area (Å²) in [6, 6.07) is 5.14. The van der Waals surface area contributed by atoms with Crippen molar-refractivity contribution in [1.82, 2.24) is 5.32 Å². The van der Waals surface area contributed by atoms with Crippen LogP contribution in [0.1, 0.15) is 26.2 Å². The van der Waals surface area contributed by atoms with Crippen LogP contribution < -0.4 is 20.7 Å². The number of nitrogens with one attached hydrogen (secondary N) is 1. The molecule has 0 saturated heterocycles. The second kappa shape index (κ2) is 10.6. The zero-order valence-corrected chi connectivity index (χ0v) is 15.9. The summed E-state index contributed by atoms with van der Waals surface area (Å²) < 4.78 is 10.8. The number of aliphatic carboxylic acids is 1. The van der Waals surface area contributed by atoms with Crippen LogP contribution in [-0.2, 0) is 19.1 Å². The number of ether oxygens (including phenoxy) is 2. The maximum absolute atomic E-state index is 13.0. The second-order valence-electron chi connectivity index (χ2n) is 6.41. The fourth-order valence-electron chi connectivity index (χ4n) is 3.02. The van der Waals surface area contributed by atoms with E-state index in [0.29, 0.717) is 30.8 Å². The molecule has 0 fully saturated rings. The molecule has 1 amide bonds. The third kappa shape index (κ3) is 5.67. The lowest BCUT2D eigenvalue weighted by Crippen LogP contribution is -2.54. The van der Waals surface area contributed by atoms with E-state index in [-0.39, 0.29) is 13.2 Å². The van der Waals surface area contributed by atoms with E-state index < -0.39 is 36.5 Å². The van der Waals surface area contributed by atoms with Gasteiger partial charge in [-0.2, -0.15) is 0 Å². The molecule has 2 rings (SSSR count). The SMILES string of the molecule is CCOC(=O)[C@H](CCCCN)NC1COc2ccccc2N(CC(=O)O)C1=O. The minimum Gasteiger partial charge on any atom is -0.489 e. The molecule has 1 aromatic carbocycles. The fraction of sp³-hybridized carbons (Fsp3) is 0.526. The minimum atomic E-state index is -1.14. The number of benzene rings is 1. The summed E-state index contributed by atoms with van der Waals surface area (Å²) in [6.45, 7) is 1.90. The number of hydrogen-bond acceptors (Lipinski definition) is 7. The molecule has 1 aromatic rings. The van der Waals surface area contributed by atoms with E-state index >= 15 is 0 Å². The average Bonchev–Trinajstić information content (AvgIpc) is 2.79. The molecule has 1 heterocycles. The summed E-state index contributed by atoms with van der Waals surface area (Å²) in [5, 5.41) is 12.2. The molecule has 9 heteroatoms. The highest BCUT2D eigenvalue weighted by atomic mass is 16.5. The van der Waals surface area contributed by atoms with Crippen LogP contribution in [0, 0.1) is 0 Å². The van der Waals surface area contributed by atoms with Crippen molar-refractivity contribution >= 4 is 23.5 Å². The van der Waals surface area contributed by atoms with Gasteiger partial charge in [-0.15, -0.1) is 0 Å². The van der Waals surface area contributed by atoms with Gasteiger partial charge in [-0.05, 0) is 38.4 Å². The first-order valence-electron chi connectivity index (χ1n) is 9.35. The van der Waals surface area contributed by atoms with Crippen molar-refractivity contribution in [2.45, 2.75) is 38.3 Å². The summed E-state index contributed by atoms with van der Waals surface area (Å²) in [5.41, 5.74) is 5.90. The number of carbonyl (C=O) groups is 3. The Morgan fingerprint density at radius 2 is 2.14 bits per heavy atom. The molecule has 2 atom stereocenters. The molecule has 0 aromatic heterocycles. The quantitative estimate of drug-likeness (QED) is 0.387. The zero-order chi connectivity index (χ0) is 20.5. The highest BCUT2D eigenvalue weighted by Gasteiger charge is 2.35. The summed E-state index contributed by atoms with van der Waals surface area (Å²) >= 11 is 0. The van der Waals surface area contributed by atoms with Gasteiger partial charge >= 0.3 is 11.9 Å². The first-order valence-corrected chi connectivity index (χ1v) is 9.35. The Hall–Kier alpha value is -2.65. The monoisotopic (exact) mass is 393 g/mol. The first-order chi connectivity index (χ1) is 13.5. The van der Waals surface area contributed by atoms with Gasteiger partial charge < -0.3 is 20.3 Å². The number of fused-ring (bicyclic) bond motifs is 1. The second-order valence-corrected chi connectivity index (χ2v) is 6.41. The molecule has 28 heavy (non-hydrogen) atoms. The smallest absolute Gasteiger partial charge is 0.323 e. The van der Waals surface area contributed by atoms with Crippen molar-refractivity contribution in [3.8, 4) is 5.75 Å². The number of rotatable bonds is 10. The Kier molecular flexibility index (Phi) is 8.21. The van der Waals surface area contributed by atoms with Gasteiger partial charge in [-0.3, -0.25) is 24.6 Å². The van der Waals surface area contributed by atoms with Gasteiger partial charge in [-0.25, -0.2) is 0 Å². The highest BCUT2D eigenvalue weighted by molar-refractivity contribution is 6.02. The van der Waals surface area contributed by atoms with Crippen molar-refractivity contribution in [3.63, 3.8) is 0 Å². The molecule has 0 saturated carbocycles. The predicted molar refractivity (Wildman–Crippen MR) is 102 cm³/mol. The fourth-order valence-corrected chi connectivity index (χ4v) is 3.02. The van der Waals surface area contributed by atoms with Crippen LogP contribution in [0.4, 0.5) is 5.69 Å². The van der Waals surface area contributed by atoms with Crippen molar-refractivity contribution in [2.75, 3.05) is 31.2 Å². The number of carbonyl (C=O) groups excluding carboxylic acids is 2. The van der Waals surface area contributed by atoms with Crippen LogP contribution >= 0.6 is 0 Å². The lowest BCUT2D eigenvalue weighted by molar-refractivity contribution is -0.146. The van der Waals surface area contributed by atoms with Gasteiger partial charge in [0.15, 0.2) is 0 Å². The van der Waals surface area contributed by atoms with Gasteiger partial charge in [0.05, 0.1) is 12.3 Å². The molecule has 9 nitrogen and oxygen atoms in total. The molecule has 4 N–H and O–H groups in total. The predicted octanol–water partition coefficient (Wildman–Crippen LogP) is 0.516. The van der Waals surface area contributed by atoms with Crippen LogP contribution in [0.2, 0.25) is 0 Å². The minimum absolute atomic E-state index is 0.0290. The number of esters is 1. The number of anilines is 1. The lowest BCUT2D eigenvalue weighted by atomic mass is 10.1. The first kappa shape index (κ1) is 21.6. The van der Waals surface area contributed by atoms with E-state index in [1.807, 2.05) is 0 Å². The Balaban J connectivity index is 2.22. The van der Waals surface area contributed by atoms with E-state index in [0.717, 1.165) is 11.3 Å². The van der Waals surface area contributed by atoms with Gasteiger partial charge in [-0.1, -0.05) is 18.6 Å². The Morgan fingerprint density at radius 3 is 2.82 bits per heavy atom. The molecular weight excluding hydrogens is 366 g/mol. The summed E-state index contributed by atoms with van der Waals surface area (Å²) in [7, 11) is 0. The largest absolute Gasteiger partial charge is 0.489 e. The maximum Gasteiger partial charge on any atom is 0.323 e. The topological polar surface area (TPSA) is 131 Å². The number of amides is 1. The van der Waals surface area contributed by atoms with Gasteiger partial charge in [0.1, 0.15) is 31.0 Å². The standard InChI is InChI=1S/C19H27N3O6/c1-2-27-19(26)13(7-5-6-10-20)21-14-12-28-16-9-4-3-8-15(16)22(18(14)25)11-17(23)24/h3-4,8-9,13-14,21H,2,5-7,10-12,20H2,1H3,(H,23,24)/t13-,14?/m0/s1. The van der Waals surface area contributed by atoms with Crippen molar-refractivity contribution in [1.29, 1.82) is 0 Å². The molecule has 0 radical (unpaired) electrons. The normalized spacial score (nSPS) is 17.3. The third-order valence-corrected chi connectivity index (χ3v) is 4.34. The third-order valence-electron chi connectivity index (χ3n) is 4.34. The number of carboxylic acids is 1. The zero-order valence-electron chi connectivity index (χ0n) is 15.9. The molecular formula is C19H27N3O6. The average molecular weight is 393 g/mol. The van der Waals surface area contributed by atoms with Gasteiger partial charge in [0.2, 0.25) is 5.91 Å².